The summed E-state index contributed by atoms with van der Waals surface area (Å²) in [5, 5.41) is 0. The molecule has 0 aromatic heterocycles. The highest BCUT2D eigenvalue weighted by Crippen LogP contribution is 2.14. The zero-order valence-corrected chi connectivity index (χ0v) is 18.1. The van der Waals surface area contributed by atoms with Crippen LogP contribution in [0.2, 0.25) is 0 Å². The summed E-state index contributed by atoms with van der Waals surface area (Å²) >= 11 is 0. The maximum Gasteiger partial charge on any atom is 0.226 e. The van der Waals surface area contributed by atoms with E-state index in [1.807, 2.05) is 0 Å². The molecule has 2 nitrogen and oxygen atoms in total. The Morgan fingerprint density at radius 1 is 0.654 bits per heavy atom. The van der Waals surface area contributed by atoms with Crippen molar-refractivity contribution >= 4 is 5.91 Å². The van der Waals surface area contributed by atoms with Gasteiger partial charge in [-0.15, -0.1) is 0 Å². The summed E-state index contributed by atoms with van der Waals surface area (Å²) in [6.07, 6.45) is 25.0. The van der Waals surface area contributed by atoms with Gasteiger partial charge in [0.2, 0.25) is 5.91 Å². The van der Waals surface area contributed by atoms with E-state index in [4.69, 9.17) is 0 Å². The van der Waals surface area contributed by atoms with E-state index in [1.165, 1.54) is 89.9 Å². The van der Waals surface area contributed by atoms with Crippen molar-refractivity contribution in [3.63, 3.8) is 0 Å². The van der Waals surface area contributed by atoms with Gasteiger partial charge in [0.25, 0.3) is 0 Å². The van der Waals surface area contributed by atoms with Gasteiger partial charge in [0, 0.05) is 13.0 Å². The van der Waals surface area contributed by atoms with Gasteiger partial charge in [-0.25, -0.2) is 0 Å². The second-order valence-electron chi connectivity index (χ2n) is 7.82. The van der Waals surface area contributed by atoms with Crippen LogP contribution in [0, 0.1) is 0 Å². The standard InChI is InChI=1S/C24H47NO/c1-4-7-9-10-11-12-13-14-15-16-17-18-19-20-21-22-24(26)25(6-3)23-8-5-2/h6H,3-5,7-23H2,1-2H3. The second kappa shape index (κ2) is 20.5. The van der Waals surface area contributed by atoms with Crippen LogP contribution >= 0.6 is 0 Å². The van der Waals surface area contributed by atoms with Crippen LogP contribution in [0.25, 0.3) is 0 Å². The highest BCUT2D eigenvalue weighted by Gasteiger charge is 2.08. The van der Waals surface area contributed by atoms with Crippen LogP contribution in [-0.4, -0.2) is 17.4 Å². The Morgan fingerprint density at radius 3 is 1.42 bits per heavy atom. The van der Waals surface area contributed by atoms with Crippen LogP contribution in [0.5, 0.6) is 0 Å². The third-order valence-corrected chi connectivity index (χ3v) is 5.29. The molecule has 0 rings (SSSR count). The van der Waals surface area contributed by atoms with E-state index >= 15 is 0 Å². The molecule has 0 aliphatic heterocycles. The van der Waals surface area contributed by atoms with Gasteiger partial charge in [0.15, 0.2) is 0 Å². The van der Waals surface area contributed by atoms with Gasteiger partial charge in [-0.2, -0.15) is 0 Å². The predicted molar refractivity (Wildman–Crippen MR) is 116 cm³/mol. The zero-order valence-electron chi connectivity index (χ0n) is 18.1. The third kappa shape index (κ3) is 16.7. The van der Waals surface area contributed by atoms with Gasteiger partial charge in [-0.1, -0.05) is 117 Å². The maximum absolute atomic E-state index is 12.1. The van der Waals surface area contributed by atoms with E-state index in [-0.39, 0.29) is 5.91 Å². The molecule has 0 saturated carbocycles. The lowest BCUT2D eigenvalue weighted by atomic mass is 10.0. The second-order valence-corrected chi connectivity index (χ2v) is 7.82. The summed E-state index contributed by atoms with van der Waals surface area (Å²) < 4.78 is 0. The van der Waals surface area contributed by atoms with Crippen LogP contribution in [0.3, 0.4) is 0 Å². The van der Waals surface area contributed by atoms with Crippen LogP contribution in [0.1, 0.15) is 129 Å². The lowest BCUT2D eigenvalue weighted by Crippen LogP contribution is -2.26. The van der Waals surface area contributed by atoms with Gasteiger partial charge in [-0.3, -0.25) is 4.79 Å². The molecule has 2 heteroatoms. The van der Waals surface area contributed by atoms with Crippen molar-refractivity contribution in [1.82, 2.24) is 4.90 Å². The number of unbranched alkanes of at least 4 members (excludes halogenated alkanes) is 15. The first-order valence-corrected chi connectivity index (χ1v) is 11.7. The Labute approximate surface area is 164 Å². The summed E-state index contributed by atoms with van der Waals surface area (Å²) in [6.45, 7) is 9.03. The zero-order chi connectivity index (χ0) is 19.3. The number of carbonyl (C=O) groups excluding carboxylic acids is 1. The van der Waals surface area contributed by atoms with Crippen LogP contribution in [-0.2, 0) is 4.79 Å². The molecule has 0 spiro atoms. The SMILES string of the molecule is C=CN(CCCC)C(=O)CCCCCCCCCCCCCCCCC. The summed E-state index contributed by atoms with van der Waals surface area (Å²) in [7, 11) is 0. The Bertz CT molecular complexity index is 313. The molecule has 0 heterocycles. The molecule has 0 bridgehead atoms. The van der Waals surface area contributed by atoms with E-state index < -0.39 is 0 Å². The van der Waals surface area contributed by atoms with Crippen molar-refractivity contribution in [1.29, 1.82) is 0 Å². The van der Waals surface area contributed by atoms with Gasteiger partial charge < -0.3 is 4.90 Å². The Balaban J connectivity index is 3.28. The van der Waals surface area contributed by atoms with Crippen molar-refractivity contribution in [3.05, 3.63) is 12.8 Å². The summed E-state index contributed by atoms with van der Waals surface area (Å²) in [6, 6.07) is 0. The summed E-state index contributed by atoms with van der Waals surface area (Å²) in [5.74, 6) is 0.253. The Hall–Kier alpha value is -0.790. The molecule has 0 fully saturated rings. The molecule has 0 aliphatic rings. The minimum Gasteiger partial charge on any atom is -0.320 e. The first-order chi connectivity index (χ1) is 12.8. The van der Waals surface area contributed by atoms with E-state index in [9.17, 15) is 4.79 Å². The predicted octanol–water partition coefficient (Wildman–Crippen LogP) is 8.02. The van der Waals surface area contributed by atoms with Crippen LogP contribution in [0.15, 0.2) is 12.8 Å². The average molecular weight is 366 g/mol. The number of hydrogen-bond donors (Lipinski definition) is 0. The number of carbonyl (C=O) groups is 1. The normalized spacial score (nSPS) is 10.8. The molecule has 0 aromatic rings. The number of hydrogen-bond acceptors (Lipinski definition) is 1. The molecule has 26 heavy (non-hydrogen) atoms. The monoisotopic (exact) mass is 365 g/mol. The topological polar surface area (TPSA) is 20.3 Å². The number of rotatable bonds is 20. The molecule has 154 valence electrons. The first-order valence-electron chi connectivity index (χ1n) is 11.7. The van der Waals surface area contributed by atoms with Crippen molar-refractivity contribution < 1.29 is 4.79 Å². The molecule has 0 aliphatic carbocycles. The molecule has 0 radical (unpaired) electrons. The van der Waals surface area contributed by atoms with E-state index in [1.54, 1.807) is 11.1 Å². The lowest BCUT2D eigenvalue weighted by molar-refractivity contribution is -0.128. The van der Waals surface area contributed by atoms with E-state index in [2.05, 4.69) is 20.4 Å². The molecule has 0 unspecified atom stereocenters. The summed E-state index contributed by atoms with van der Waals surface area (Å²) in [5.41, 5.74) is 0. The number of nitrogens with zero attached hydrogens (tertiary/aromatic N) is 1. The number of amides is 1. The van der Waals surface area contributed by atoms with Gasteiger partial charge in [0.1, 0.15) is 0 Å². The first kappa shape index (κ1) is 25.2. The maximum atomic E-state index is 12.1. The fraction of sp³-hybridized carbons (Fsp3) is 0.875. The molecule has 0 N–H and O–H groups in total. The van der Waals surface area contributed by atoms with Crippen LogP contribution < -0.4 is 0 Å². The van der Waals surface area contributed by atoms with Crippen LogP contribution in [0.4, 0.5) is 0 Å². The summed E-state index contributed by atoms with van der Waals surface area (Å²) in [4.78, 5) is 13.9. The van der Waals surface area contributed by atoms with Crippen molar-refractivity contribution in [2.75, 3.05) is 6.54 Å². The Morgan fingerprint density at radius 2 is 1.04 bits per heavy atom. The molecular formula is C24H47NO. The largest absolute Gasteiger partial charge is 0.320 e. The van der Waals surface area contributed by atoms with Crippen molar-refractivity contribution in [2.45, 2.75) is 129 Å². The van der Waals surface area contributed by atoms with E-state index in [0.717, 1.165) is 25.8 Å². The van der Waals surface area contributed by atoms with Crippen molar-refractivity contribution in [2.24, 2.45) is 0 Å². The molecular weight excluding hydrogens is 318 g/mol. The van der Waals surface area contributed by atoms with E-state index in [0.29, 0.717) is 6.42 Å². The van der Waals surface area contributed by atoms with Crippen molar-refractivity contribution in [3.8, 4) is 0 Å². The fourth-order valence-electron chi connectivity index (χ4n) is 3.44. The minimum absolute atomic E-state index is 0.253. The molecule has 1 amide bonds. The van der Waals surface area contributed by atoms with Gasteiger partial charge >= 0.3 is 0 Å². The van der Waals surface area contributed by atoms with Gasteiger partial charge in [-0.05, 0) is 19.0 Å². The molecule has 0 saturated heterocycles. The minimum atomic E-state index is 0.253. The smallest absolute Gasteiger partial charge is 0.226 e. The quantitative estimate of drug-likeness (QED) is 0.200. The third-order valence-electron chi connectivity index (χ3n) is 5.29. The fourth-order valence-corrected chi connectivity index (χ4v) is 3.44. The lowest BCUT2D eigenvalue weighted by Gasteiger charge is -2.17. The highest BCUT2D eigenvalue weighted by molar-refractivity contribution is 5.77. The average Bonchev–Trinajstić information content (AvgIpc) is 2.65. The Kier molecular flexibility index (Phi) is 19.9. The van der Waals surface area contributed by atoms with Gasteiger partial charge in [0.05, 0.1) is 0 Å². The molecule has 0 atom stereocenters. The molecule has 0 aromatic carbocycles. The highest BCUT2D eigenvalue weighted by atomic mass is 16.2.